The molecule has 1 aromatic carbocycles. The largest absolute Gasteiger partial charge is 0.336 e. The second-order valence-corrected chi connectivity index (χ2v) is 7.45. The second-order valence-electron chi connectivity index (χ2n) is 3.99. The van der Waals surface area contributed by atoms with Gasteiger partial charge in [0.05, 0.1) is 15.9 Å². The zero-order valence-electron chi connectivity index (χ0n) is 9.99. The molecule has 2 aromatic rings. The molecule has 19 heavy (non-hydrogen) atoms. The Morgan fingerprint density at radius 2 is 2.05 bits per heavy atom. The molecule has 0 aliphatic carbocycles. The number of rotatable bonds is 3. The highest BCUT2D eigenvalue weighted by Gasteiger charge is 2.17. The van der Waals surface area contributed by atoms with Crippen LogP contribution in [-0.4, -0.2) is 17.9 Å². The van der Waals surface area contributed by atoms with Crippen molar-refractivity contribution in [2.45, 2.75) is 6.54 Å². The minimum absolute atomic E-state index is 0.0846. The first-order chi connectivity index (χ1) is 8.97. The van der Waals surface area contributed by atoms with Crippen LogP contribution in [0.5, 0.6) is 0 Å². The van der Waals surface area contributed by atoms with Crippen molar-refractivity contribution in [3.63, 3.8) is 0 Å². The molecule has 100 valence electrons. The smallest absolute Gasteiger partial charge is 0.256 e. The van der Waals surface area contributed by atoms with E-state index in [0.717, 1.165) is 8.66 Å². The van der Waals surface area contributed by atoms with Crippen molar-refractivity contribution in [2.75, 3.05) is 7.05 Å². The van der Waals surface area contributed by atoms with Crippen LogP contribution in [0, 0.1) is 5.82 Å². The van der Waals surface area contributed by atoms with Crippen molar-refractivity contribution < 1.29 is 9.18 Å². The molecule has 0 aliphatic heterocycles. The molecule has 1 aromatic heterocycles. The number of benzene rings is 1. The summed E-state index contributed by atoms with van der Waals surface area (Å²) in [7, 11) is 1.66. The molecule has 2 rings (SSSR count). The van der Waals surface area contributed by atoms with Gasteiger partial charge in [-0.15, -0.1) is 11.3 Å². The second kappa shape index (κ2) is 6.15. The van der Waals surface area contributed by atoms with Gasteiger partial charge in [0.2, 0.25) is 0 Å². The quantitative estimate of drug-likeness (QED) is 0.724. The maximum absolute atomic E-state index is 13.7. The number of hydrogen-bond acceptors (Lipinski definition) is 2. The van der Waals surface area contributed by atoms with Gasteiger partial charge in [-0.3, -0.25) is 4.79 Å². The molecular weight excluding hydrogens is 397 g/mol. The molecule has 0 N–H and O–H groups in total. The van der Waals surface area contributed by atoms with E-state index < -0.39 is 5.82 Å². The minimum Gasteiger partial charge on any atom is -0.336 e. The van der Waals surface area contributed by atoms with Crippen LogP contribution in [-0.2, 0) is 6.54 Å². The van der Waals surface area contributed by atoms with Gasteiger partial charge in [0.1, 0.15) is 5.82 Å². The summed E-state index contributed by atoms with van der Waals surface area (Å²) in [6.07, 6.45) is 0. The molecule has 0 saturated carbocycles. The third-order valence-electron chi connectivity index (χ3n) is 2.53. The van der Waals surface area contributed by atoms with Crippen molar-refractivity contribution in [1.82, 2.24) is 4.90 Å². The highest BCUT2D eigenvalue weighted by atomic mass is 79.9. The van der Waals surface area contributed by atoms with Gasteiger partial charge in [-0.1, -0.05) is 15.9 Å². The molecule has 0 atom stereocenters. The van der Waals surface area contributed by atoms with Crippen molar-refractivity contribution in [1.29, 1.82) is 0 Å². The molecule has 1 heterocycles. The highest BCUT2D eigenvalue weighted by Crippen LogP contribution is 2.24. The monoisotopic (exact) mass is 405 g/mol. The van der Waals surface area contributed by atoms with E-state index in [1.54, 1.807) is 24.5 Å². The Kier molecular flexibility index (Phi) is 4.76. The van der Waals surface area contributed by atoms with Crippen LogP contribution in [0.3, 0.4) is 0 Å². The SMILES string of the molecule is CN(Cc1ccc(Br)s1)C(=O)c1ccc(Br)cc1F. The third kappa shape index (κ3) is 3.64. The van der Waals surface area contributed by atoms with E-state index in [4.69, 9.17) is 0 Å². The molecule has 0 saturated heterocycles. The summed E-state index contributed by atoms with van der Waals surface area (Å²) < 4.78 is 15.4. The van der Waals surface area contributed by atoms with Crippen LogP contribution < -0.4 is 0 Å². The summed E-state index contributed by atoms with van der Waals surface area (Å²) in [5, 5.41) is 0. The molecule has 0 aliphatic rings. The molecular formula is C13H10Br2FNOS. The number of carbonyl (C=O) groups excluding carboxylic acids is 1. The predicted octanol–water partition coefficient (Wildman–Crippen LogP) is 4.68. The van der Waals surface area contributed by atoms with Crippen LogP contribution in [0.25, 0.3) is 0 Å². The van der Waals surface area contributed by atoms with Crippen LogP contribution in [0.2, 0.25) is 0 Å². The standard InChI is InChI=1S/C13H10Br2FNOS/c1-17(7-9-3-5-12(15)19-9)13(18)10-4-2-8(14)6-11(10)16/h2-6H,7H2,1H3. The van der Waals surface area contributed by atoms with Gasteiger partial charge < -0.3 is 4.90 Å². The highest BCUT2D eigenvalue weighted by molar-refractivity contribution is 9.11. The first kappa shape index (κ1) is 14.7. The number of thiophene rings is 1. The van der Waals surface area contributed by atoms with Crippen molar-refractivity contribution in [2.24, 2.45) is 0 Å². The zero-order valence-corrected chi connectivity index (χ0v) is 14.0. The van der Waals surface area contributed by atoms with E-state index in [0.29, 0.717) is 11.0 Å². The number of carbonyl (C=O) groups is 1. The van der Waals surface area contributed by atoms with Crippen LogP contribution >= 0.6 is 43.2 Å². The van der Waals surface area contributed by atoms with E-state index in [9.17, 15) is 9.18 Å². The molecule has 6 heteroatoms. The first-order valence-corrected chi connectivity index (χ1v) is 7.82. The van der Waals surface area contributed by atoms with Gasteiger partial charge >= 0.3 is 0 Å². The molecule has 0 fully saturated rings. The summed E-state index contributed by atoms with van der Waals surface area (Å²) in [6, 6.07) is 8.31. The van der Waals surface area contributed by atoms with Crippen molar-refractivity contribution in [3.8, 4) is 0 Å². The molecule has 0 spiro atoms. The van der Waals surface area contributed by atoms with Gasteiger partial charge in [0, 0.05) is 16.4 Å². The Morgan fingerprint density at radius 3 is 2.63 bits per heavy atom. The lowest BCUT2D eigenvalue weighted by Crippen LogP contribution is -2.26. The number of nitrogens with zero attached hydrogens (tertiary/aromatic N) is 1. The Morgan fingerprint density at radius 1 is 1.32 bits per heavy atom. The fourth-order valence-electron chi connectivity index (χ4n) is 1.61. The Balaban J connectivity index is 2.14. The Labute approximate surface area is 131 Å². The molecule has 0 unspecified atom stereocenters. The van der Waals surface area contributed by atoms with E-state index in [1.165, 1.54) is 17.0 Å². The van der Waals surface area contributed by atoms with Crippen LogP contribution in [0.4, 0.5) is 4.39 Å². The lowest BCUT2D eigenvalue weighted by atomic mass is 10.2. The van der Waals surface area contributed by atoms with Gasteiger partial charge in [-0.25, -0.2) is 4.39 Å². The van der Waals surface area contributed by atoms with Gasteiger partial charge in [0.15, 0.2) is 0 Å². The van der Waals surface area contributed by atoms with Crippen LogP contribution in [0.1, 0.15) is 15.2 Å². The maximum Gasteiger partial charge on any atom is 0.256 e. The summed E-state index contributed by atoms with van der Waals surface area (Å²) in [5.41, 5.74) is 0.0846. The fourth-order valence-corrected chi connectivity index (χ4v) is 3.48. The first-order valence-electron chi connectivity index (χ1n) is 5.42. The predicted molar refractivity (Wildman–Crippen MR) is 81.9 cm³/mol. The van der Waals surface area contributed by atoms with E-state index in [1.807, 2.05) is 12.1 Å². The van der Waals surface area contributed by atoms with E-state index >= 15 is 0 Å². The van der Waals surface area contributed by atoms with Gasteiger partial charge in [0.25, 0.3) is 5.91 Å². The van der Waals surface area contributed by atoms with Gasteiger partial charge in [-0.05, 0) is 46.3 Å². The average molecular weight is 407 g/mol. The molecule has 0 radical (unpaired) electrons. The summed E-state index contributed by atoms with van der Waals surface area (Å²) in [5.74, 6) is -0.840. The van der Waals surface area contributed by atoms with Gasteiger partial charge in [-0.2, -0.15) is 0 Å². The molecule has 1 amide bonds. The zero-order chi connectivity index (χ0) is 14.0. The number of amides is 1. The number of halogens is 3. The maximum atomic E-state index is 13.7. The summed E-state index contributed by atoms with van der Waals surface area (Å²) in [6.45, 7) is 0.463. The summed E-state index contributed by atoms with van der Waals surface area (Å²) in [4.78, 5) is 14.7. The van der Waals surface area contributed by atoms with Crippen molar-refractivity contribution >= 4 is 49.1 Å². The summed E-state index contributed by atoms with van der Waals surface area (Å²) >= 11 is 8.10. The lowest BCUT2D eigenvalue weighted by Gasteiger charge is -2.16. The van der Waals surface area contributed by atoms with Crippen LogP contribution in [0.15, 0.2) is 38.6 Å². The third-order valence-corrected chi connectivity index (χ3v) is 4.63. The Hall–Kier alpha value is -0.720. The minimum atomic E-state index is -0.515. The van der Waals surface area contributed by atoms with Crippen molar-refractivity contribution in [3.05, 3.63) is 54.8 Å². The normalized spacial score (nSPS) is 10.5. The lowest BCUT2D eigenvalue weighted by molar-refractivity contribution is 0.0782. The molecule has 2 nitrogen and oxygen atoms in total. The topological polar surface area (TPSA) is 20.3 Å². The average Bonchev–Trinajstić information content (AvgIpc) is 2.74. The molecule has 0 bridgehead atoms. The van der Waals surface area contributed by atoms with E-state index in [-0.39, 0.29) is 11.5 Å². The number of hydrogen-bond donors (Lipinski definition) is 0. The fraction of sp³-hybridized carbons (Fsp3) is 0.154. The van der Waals surface area contributed by atoms with E-state index in [2.05, 4.69) is 31.9 Å². The Bertz CT molecular complexity index is 614.